The van der Waals surface area contributed by atoms with Gasteiger partial charge < -0.3 is 14.2 Å². The Morgan fingerprint density at radius 1 is 1.30 bits per heavy atom. The van der Waals surface area contributed by atoms with Crippen LogP contribution in [0.3, 0.4) is 0 Å². The lowest BCUT2D eigenvalue weighted by molar-refractivity contribution is 0.0720. The molecule has 2 unspecified atom stereocenters. The van der Waals surface area contributed by atoms with E-state index >= 15 is 0 Å². The molecule has 0 bridgehead atoms. The van der Waals surface area contributed by atoms with Crippen molar-refractivity contribution in [3.8, 4) is 0 Å². The predicted octanol–water partition coefficient (Wildman–Crippen LogP) is 4.63. The molecule has 4 rings (SSSR count). The number of amides is 2. The molecular weight excluding hydrogens is 491 g/mol. The maximum atomic E-state index is 12.6. The van der Waals surface area contributed by atoms with Gasteiger partial charge >= 0.3 is 12.0 Å². The Kier molecular flexibility index (Phi) is 7.29. The third-order valence-electron chi connectivity index (χ3n) is 4.88. The molecule has 1 aromatic carbocycles. The van der Waals surface area contributed by atoms with Crippen LogP contribution in [0.15, 0.2) is 71.6 Å². The number of carbonyl (C=O) groups is 2. The second-order valence-corrected chi connectivity index (χ2v) is 8.80. The third-order valence-corrected chi connectivity index (χ3v) is 6.70. The molecule has 9 nitrogen and oxygen atoms in total. The Balaban J connectivity index is 1.61. The number of nitrogens with one attached hydrogen (secondary N) is 1. The fourth-order valence-electron chi connectivity index (χ4n) is 3.37. The summed E-state index contributed by atoms with van der Waals surface area (Å²) in [6, 6.07) is 3.67. The standard InChI is InChI=1S/C21H18Cl2N4O5S/c22-14-7-6-13(10-15(14)23)19(28)32-21-26-27(20(29)25-24)18(33-21)17(12-4-2-1-3-5-12)16-11-30-8-9-31-16/h1-2,4,6-11,17-18H,3,5,24H2,(H,25,29). The number of nitrogens with zero attached hydrogens (tertiary/aromatic N) is 2. The lowest BCUT2D eigenvalue weighted by Gasteiger charge is -2.31. The molecule has 1 aromatic rings. The van der Waals surface area contributed by atoms with Crippen molar-refractivity contribution < 1.29 is 23.8 Å². The summed E-state index contributed by atoms with van der Waals surface area (Å²) in [4.78, 5) is 25.2. The number of halogens is 2. The first kappa shape index (κ1) is 23.2. The molecule has 12 heteroatoms. The van der Waals surface area contributed by atoms with Crippen LogP contribution in [0.5, 0.6) is 0 Å². The molecule has 0 fully saturated rings. The molecule has 2 atom stereocenters. The number of hydrazone groups is 1. The van der Waals surface area contributed by atoms with Gasteiger partial charge in [0.2, 0.25) is 0 Å². The van der Waals surface area contributed by atoms with E-state index in [2.05, 4.69) is 10.5 Å². The quantitative estimate of drug-likeness (QED) is 0.263. The first-order chi connectivity index (χ1) is 16.0. The number of nitrogens with two attached hydrogens (primary N) is 1. The Morgan fingerprint density at radius 2 is 2.15 bits per heavy atom. The largest absolute Gasteiger partial charge is 0.466 e. The van der Waals surface area contributed by atoms with Crippen LogP contribution in [0.4, 0.5) is 4.79 Å². The van der Waals surface area contributed by atoms with Crippen molar-refractivity contribution in [3.63, 3.8) is 0 Å². The number of carbonyl (C=O) groups excluding carboxylic acids is 2. The Labute approximate surface area is 203 Å². The van der Waals surface area contributed by atoms with Crippen LogP contribution >= 0.6 is 35.0 Å². The number of esters is 1. The number of allylic oxidation sites excluding steroid dienone is 3. The molecule has 2 heterocycles. The van der Waals surface area contributed by atoms with E-state index in [1.165, 1.54) is 37.0 Å². The molecule has 0 saturated heterocycles. The van der Waals surface area contributed by atoms with E-state index in [4.69, 9.17) is 43.3 Å². The fourth-order valence-corrected chi connectivity index (χ4v) is 4.82. The molecule has 33 heavy (non-hydrogen) atoms. The topological polar surface area (TPSA) is 115 Å². The first-order valence-corrected chi connectivity index (χ1v) is 11.4. The number of hydrazine groups is 1. The first-order valence-electron chi connectivity index (χ1n) is 9.73. The highest BCUT2D eigenvalue weighted by molar-refractivity contribution is 8.14. The van der Waals surface area contributed by atoms with Crippen LogP contribution in [0.25, 0.3) is 0 Å². The van der Waals surface area contributed by atoms with E-state index in [1.807, 2.05) is 18.2 Å². The molecule has 0 aromatic heterocycles. The molecule has 0 saturated carbocycles. The summed E-state index contributed by atoms with van der Waals surface area (Å²) in [6.07, 6.45) is 11.7. The molecule has 0 spiro atoms. The van der Waals surface area contributed by atoms with E-state index in [0.717, 1.165) is 35.2 Å². The van der Waals surface area contributed by atoms with E-state index in [9.17, 15) is 9.59 Å². The zero-order valence-electron chi connectivity index (χ0n) is 16.9. The summed E-state index contributed by atoms with van der Waals surface area (Å²) in [5.74, 6) is 4.69. The molecule has 0 radical (unpaired) electrons. The highest BCUT2D eigenvalue weighted by Crippen LogP contribution is 2.42. The van der Waals surface area contributed by atoms with E-state index < -0.39 is 23.3 Å². The second kappa shape index (κ2) is 10.3. The van der Waals surface area contributed by atoms with E-state index in [1.54, 1.807) is 0 Å². The molecule has 172 valence electrons. The van der Waals surface area contributed by atoms with Crippen molar-refractivity contribution in [2.24, 2.45) is 16.9 Å². The van der Waals surface area contributed by atoms with E-state index in [0.29, 0.717) is 10.8 Å². The summed E-state index contributed by atoms with van der Waals surface area (Å²) < 4.78 is 16.4. The highest BCUT2D eigenvalue weighted by atomic mass is 35.5. The average molecular weight is 509 g/mol. The zero-order chi connectivity index (χ0) is 23.4. The van der Waals surface area contributed by atoms with Crippen molar-refractivity contribution in [3.05, 3.63) is 82.2 Å². The molecule has 2 amide bonds. The minimum Gasteiger partial charge on any atom is -0.466 e. The molecule has 3 aliphatic rings. The number of benzene rings is 1. The van der Waals surface area contributed by atoms with Gasteiger partial charge in [-0.3, -0.25) is 5.43 Å². The van der Waals surface area contributed by atoms with Gasteiger partial charge in [0.25, 0.3) is 5.23 Å². The van der Waals surface area contributed by atoms with Crippen molar-refractivity contribution >= 4 is 52.2 Å². The number of hydrogen-bond donors (Lipinski definition) is 2. The van der Waals surface area contributed by atoms with Gasteiger partial charge in [-0.15, -0.1) is 5.10 Å². The number of urea groups is 1. The van der Waals surface area contributed by atoms with Gasteiger partial charge in [0.05, 0.1) is 21.5 Å². The Bertz CT molecular complexity index is 1120. The summed E-state index contributed by atoms with van der Waals surface area (Å²) in [5.41, 5.74) is 3.24. The maximum Gasteiger partial charge on any atom is 0.353 e. The van der Waals surface area contributed by atoms with Crippen molar-refractivity contribution in [2.75, 3.05) is 0 Å². The van der Waals surface area contributed by atoms with Gasteiger partial charge in [0.1, 0.15) is 29.9 Å². The van der Waals surface area contributed by atoms with Crippen LogP contribution < -0.4 is 11.3 Å². The van der Waals surface area contributed by atoms with Crippen LogP contribution in [0, 0.1) is 5.92 Å². The van der Waals surface area contributed by atoms with E-state index in [-0.39, 0.29) is 15.8 Å². The molecular formula is C21H18Cl2N4O5S. The van der Waals surface area contributed by atoms with Crippen LogP contribution in [-0.2, 0) is 14.2 Å². The SMILES string of the molecule is NNC(=O)N1N=C(OC(=O)c2ccc(Cl)c(Cl)c2)SC1C(C1=CC=CCC1)C1=COC=CO1. The molecule has 3 N–H and O–H groups in total. The second-order valence-electron chi connectivity index (χ2n) is 6.92. The smallest absolute Gasteiger partial charge is 0.353 e. The molecule has 2 aliphatic heterocycles. The predicted molar refractivity (Wildman–Crippen MR) is 125 cm³/mol. The normalized spacial score (nSPS) is 20.2. The third kappa shape index (κ3) is 5.19. The fraction of sp³-hybridized carbons (Fsp3) is 0.190. The highest BCUT2D eigenvalue weighted by Gasteiger charge is 2.44. The van der Waals surface area contributed by atoms with Gasteiger partial charge in [-0.2, -0.15) is 5.01 Å². The van der Waals surface area contributed by atoms with Gasteiger partial charge in [0, 0.05) is 0 Å². The summed E-state index contributed by atoms with van der Waals surface area (Å²) in [6.45, 7) is 0. The van der Waals surface area contributed by atoms with Crippen molar-refractivity contribution in [1.82, 2.24) is 10.4 Å². The number of hydrogen-bond acceptors (Lipinski definition) is 8. The minimum absolute atomic E-state index is 0.0375. The number of ether oxygens (including phenoxy) is 3. The van der Waals surface area contributed by atoms with Gasteiger partial charge in [0.15, 0.2) is 0 Å². The number of rotatable bonds is 4. The van der Waals surface area contributed by atoms with Crippen molar-refractivity contribution in [1.29, 1.82) is 0 Å². The molecule has 1 aliphatic carbocycles. The summed E-state index contributed by atoms with van der Waals surface area (Å²) in [5, 5.41) is 5.12. The maximum absolute atomic E-state index is 12.6. The Morgan fingerprint density at radius 3 is 2.82 bits per heavy atom. The van der Waals surface area contributed by atoms with Crippen LogP contribution in [-0.4, -0.2) is 27.6 Å². The van der Waals surface area contributed by atoms with Crippen LogP contribution in [0.2, 0.25) is 10.0 Å². The lowest BCUT2D eigenvalue weighted by atomic mass is 9.90. The van der Waals surface area contributed by atoms with Gasteiger partial charge in [-0.25, -0.2) is 15.4 Å². The Hall–Kier alpha value is -2.92. The van der Waals surface area contributed by atoms with Gasteiger partial charge in [-0.1, -0.05) is 47.0 Å². The average Bonchev–Trinajstić information content (AvgIpc) is 3.25. The monoisotopic (exact) mass is 508 g/mol. The zero-order valence-corrected chi connectivity index (χ0v) is 19.3. The number of thioether (sulfide) groups is 1. The lowest BCUT2D eigenvalue weighted by Crippen LogP contribution is -2.46. The van der Waals surface area contributed by atoms with Crippen LogP contribution in [0.1, 0.15) is 23.2 Å². The summed E-state index contributed by atoms with van der Waals surface area (Å²) in [7, 11) is 0. The van der Waals surface area contributed by atoms with Crippen molar-refractivity contribution in [2.45, 2.75) is 18.2 Å². The van der Waals surface area contributed by atoms with Gasteiger partial charge in [-0.05, 0) is 42.8 Å². The summed E-state index contributed by atoms with van der Waals surface area (Å²) >= 11 is 13.0. The minimum atomic E-state index is -0.704.